The second-order valence-electron chi connectivity index (χ2n) is 4.49. The number of amides is 1. The zero-order valence-corrected chi connectivity index (χ0v) is 11.2. The monoisotopic (exact) mass is 271 g/mol. The summed E-state index contributed by atoms with van der Waals surface area (Å²) in [5.41, 5.74) is 0.799. The van der Waals surface area contributed by atoms with Crippen molar-refractivity contribution in [3.05, 3.63) is 22.4 Å². The number of rotatable bonds is 5. The van der Waals surface area contributed by atoms with Crippen LogP contribution in [0.4, 0.5) is 0 Å². The number of carboxylic acid groups (broad SMARTS) is 1. The van der Waals surface area contributed by atoms with Crippen molar-refractivity contribution in [1.82, 2.24) is 5.32 Å². The Bertz CT molecular complexity index is 382. The molecule has 1 rings (SSSR count). The molecule has 0 radical (unpaired) electrons. The van der Waals surface area contributed by atoms with Crippen LogP contribution in [0.25, 0.3) is 0 Å². The van der Waals surface area contributed by atoms with Gasteiger partial charge in [0, 0.05) is 17.2 Å². The molecule has 0 aromatic rings. The van der Waals surface area contributed by atoms with Crippen molar-refractivity contribution in [3.63, 3.8) is 0 Å². The molecule has 5 heteroatoms. The highest BCUT2D eigenvalue weighted by atomic mass is 35.5. The lowest BCUT2D eigenvalue weighted by atomic mass is 9.86. The van der Waals surface area contributed by atoms with Gasteiger partial charge in [-0.05, 0) is 25.8 Å². The summed E-state index contributed by atoms with van der Waals surface area (Å²) in [6.07, 6.45) is 7.37. The molecule has 18 heavy (non-hydrogen) atoms. The Labute approximate surface area is 112 Å². The Morgan fingerprint density at radius 2 is 1.94 bits per heavy atom. The molecule has 1 aliphatic rings. The first-order chi connectivity index (χ1) is 8.56. The highest BCUT2D eigenvalue weighted by molar-refractivity contribution is 6.32. The first kappa shape index (κ1) is 14.8. The molecule has 0 unspecified atom stereocenters. The quantitative estimate of drug-likeness (QED) is 0.459. The first-order valence-corrected chi connectivity index (χ1v) is 6.45. The molecule has 0 spiro atoms. The van der Waals surface area contributed by atoms with E-state index >= 15 is 0 Å². The topological polar surface area (TPSA) is 66.4 Å². The number of allylic oxidation sites excluding steroid dienone is 3. The third kappa shape index (κ3) is 4.18. The minimum atomic E-state index is -1.01. The van der Waals surface area contributed by atoms with Gasteiger partial charge in [-0.1, -0.05) is 30.9 Å². The van der Waals surface area contributed by atoms with Gasteiger partial charge in [-0.2, -0.15) is 0 Å². The average Bonchev–Trinajstić information content (AvgIpc) is 2.36. The first-order valence-electron chi connectivity index (χ1n) is 6.07. The van der Waals surface area contributed by atoms with E-state index in [0.717, 1.165) is 25.7 Å². The number of hydrogen-bond acceptors (Lipinski definition) is 2. The zero-order valence-electron chi connectivity index (χ0n) is 10.4. The van der Waals surface area contributed by atoms with E-state index in [1.165, 1.54) is 19.4 Å². The van der Waals surface area contributed by atoms with Gasteiger partial charge in [0.1, 0.15) is 0 Å². The van der Waals surface area contributed by atoms with Crippen LogP contribution in [0.2, 0.25) is 0 Å². The standard InChI is InChI=1S/C13H18ClNO3/c1-9(13(17)18)7-11(14)12(15-8-16)10-5-3-2-4-6-10/h7-8,10H,2-6H2,1H3,(H,15,16)(H,17,18)/b9-7+,12-11+. The molecule has 0 aliphatic heterocycles. The molecule has 0 bridgehead atoms. The number of halogens is 1. The lowest BCUT2D eigenvalue weighted by Crippen LogP contribution is -2.22. The maximum atomic E-state index is 10.8. The maximum absolute atomic E-state index is 10.8. The summed E-state index contributed by atoms with van der Waals surface area (Å²) in [5.74, 6) is -0.795. The fourth-order valence-corrected chi connectivity index (χ4v) is 2.54. The predicted molar refractivity (Wildman–Crippen MR) is 70.0 cm³/mol. The van der Waals surface area contributed by atoms with Crippen molar-refractivity contribution in [2.45, 2.75) is 39.0 Å². The molecule has 0 atom stereocenters. The zero-order chi connectivity index (χ0) is 13.5. The molecule has 0 aromatic carbocycles. The summed E-state index contributed by atoms with van der Waals surface area (Å²) in [4.78, 5) is 21.4. The fraction of sp³-hybridized carbons (Fsp3) is 0.538. The van der Waals surface area contributed by atoms with Crippen LogP contribution in [-0.2, 0) is 9.59 Å². The van der Waals surface area contributed by atoms with Gasteiger partial charge in [0.2, 0.25) is 6.41 Å². The van der Waals surface area contributed by atoms with Crippen LogP contribution in [0.5, 0.6) is 0 Å². The van der Waals surface area contributed by atoms with Crippen LogP contribution in [0.3, 0.4) is 0 Å². The van der Waals surface area contributed by atoms with Gasteiger partial charge in [-0.15, -0.1) is 0 Å². The van der Waals surface area contributed by atoms with Crippen LogP contribution < -0.4 is 5.32 Å². The Morgan fingerprint density at radius 3 is 2.44 bits per heavy atom. The molecule has 100 valence electrons. The summed E-state index contributed by atoms with van der Waals surface area (Å²) in [7, 11) is 0. The Balaban J connectivity index is 2.96. The summed E-state index contributed by atoms with van der Waals surface area (Å²) in [6, 6.07) is 0. The molecule has 1 aliphatic carbocycles. The van der Waals surface area contributed by atoms with E-state index in [0.29, 0.717) is 17.1 Å². The Kier molecular flexibility index (Phi) is 5.92. The van der Waals surface area contributed by atoms with Gasteiger partial charge in [0.15, 0.2) is 0 Å². The van der Waals surface area contributed by atoms with Gasteiger partial charge in [0.05, 0.1) is 5.03 Å². The predicted octanol–water partition coefficient (Wildman–Crippen LogP) is 2.79. The number of carbonyl (C=O) groups is 2. The molecule has 1 fully saturated rings. The van der Waals surface area contributed by atoms with Crippen LogP contribution in [-0.4, -0.2) is 17.5 Å². The molecule has 0 saturated heterocycles. The average molecular weight is 272 g/mol. The van der Waals surface area contributed by atoms with E-state index in [-0.39, 0.29) is 11.5 Å². The minimum Gasteiger partial charge on any atom is -0.478 e. The number of carbonyl (C=O) groups excluding carboxylic acids is 1. The van der Waals surface area contributed by atoms with E-state index in [1.807, 2.05) is 0 Å². The van der Waals surface area contributed by atoms with Crippen molar-refractivity contribution >= 4 is 24.0 Å². The van der Waals surface area contributed by atoms with Crippen LogP contribution in [0, 0.1) is 5.92 Å². The molecule has 2 N–H and O–H groups in total. The van der Waals surface area contributed by atoms with Gasteiger partial charge in [-0.3, -0.25) is 4.79 Å². The van der Waals surface area contributed by atoms with Crippen molar-refractivity contribution < 1.29 is 14.7 Å². The van der Waals surface area contributed by atoms with Crippen LogP contribution >= 0.6 is 11.6 Å². The van der Waals surface area contributed by atoms with Crippen molar-refractivity contribution in [1.29, 1.82) is 0 Å². The lowest BCUT2D eigenvalue weighted by molar-refractivity contribution is -0.132. The largest absolute Gasteiger partial charge is 0.478 e. The summed E-state index contributed by atoms with van der Waals surface area (Å²) in [5, 5.41) is 11.8. The van der Waals surface area contributed by atoms with E-state index < -0.39 is 5.97 Å². The maximum Gasteiger partial charge on any atom is 0.331 e. The number of aliphatic carboxylic acids is 1. The van der Waals surface area contributed by atoms with E-state index in [1.54, 1.807) is 0 Å². The molecule has 0 aromatic heterocycles. The van der Waals surface area contributed by atoms with Gasteiger partial charge >= 0.3 is 5.97 Å². The summed E-state index contributed by atoms with van der Waals surface area (Å²) in [6.45, 7) is 1.48. The highest BCUT2D eigenvalue weighted by Crippen LogP contribution is 2.31. The third-order valence-electron chi connectivity index (χ3n) is 3.17. The van der Waals surface area contributed by atoms with Crippen LogP contribution in [0.15, 0.2) is 22.4 Å². The van der Waals surface area contributed by atoms with Gasteiger partial charge < -0.3 is 10.4 Å². The minimum absolute atomic E-state index is 0.154. The molecule has 0 heterocycles. The SMILES string of the molecule is C/C(=C\C(Cl)=C(/NC=O)C1CCCCC1)C(=O)O. The van der Waals surface area contributed by atoms with Crippen molar-refractivity contribution in [2.75, 3.05) is 0 Å². The molecular weight excluding hydrogens is 254 g/mol. The van der Waals surface area contributed by atoms with E-state index in [9.17, 15) is 9.59 Å². The molecular formula is C13H18ClNO3. The lowest BCUT2D eigenvalue weighted by Gasteiger charge is -2.24. The smallest absolute Gasteiger partial charge is 0.331 e. The number of nitrogens with one attached hydrogen (secondary N) is 1. The van der Waals surface area contributed by atoms with E-state index in [2.05, 4.69) is 5.32 Å². The van der Waals surface area contributed by atoms with E-state index in [4.69, 9.17) is 16.7 Å². The molecule has 1 saturated carbocycles. The van der Waals surface area contributed by atoms with Gasteiger partial charge in [0.25, 0.3) is 0 Å². The second kappa shape index (κ2) is 7.21. The van der Waals surface area contributed by atoms with Gasteiger partial charge in [-0.25, -0.2) is 4.79 Å². The van der Waals surface area contributed by atoms with Crippen LogP contribution in [0.1, 0.15) is 39.0 Å². The van der Waals surface area contributed by atoms with Crippen molar-refractivity contribution in [2.24, 2.45) is 5.92 Å². The summed E-state index contributed by atoms with van der Waals surface area (Å²) >= 11 is 6.12. The Morgan fingerprint density at radius 1 is 1.33 bits per heavy atom. The third-order valence-corrected chi connectivity index (χ3v) is 3.48. The number of hydrogen-bond donors (Lipinski definition) is 2. The highest BCUT2D eigenvalue weighted by Gasteiger charge is 2.20. The second-order valence-corrected chi connectivity index (χ2v) is 4.90. The summed E-state index contributed by atoms with van der Waals surface area (Å²) < 4.78 is 0. The van der Waals surface area contributed by atoms with Crippen molar-refractivity contribution in [3.8, 4) is 0 Å². The molecule has 1 amide bonds. The normalized spacial score (nSPS) is 19.1. The molecule has 4 nitrogen and oxygen atoms in total. The number of carboxylic acids is 1. The Hall–Kier alpha value is -1.29. The fourth-order valence-electron chi connectivity index (χ4n) is 2.17.